The summed E-state index contributed by atoms with van der Waals surface area (Å²) in [6.45, 7) is 10.2. The zero-order chi connectivity index (χ0) is 32.8. The van der Waals surface area contributed by atoms with Gasteiger partial charge < -0.3 is 36.2 Å². The molecule has 0 spiro atoms. The third-order valence-electron chi connectivity index (χ3n) is 7.64. The molecule has 11 heteroatoms. The molecule has 4 amide bonds. The van der Waals surface area contributed by atoms with E-state index in [-0.39, 0.29) is 36.3 Å². The lowest BCUT2D eigenvalue weighted by Crippen LogP contribution is -2.53. The van der Waals surface area contributed by atoms with Gasteiger partial charge in [0.1, 0.15) is 12.6 Å². The molecule has 1 fully saturated rings. The minimum Gasteiger partial charge on any atom is -0.445 e. The average molecular weight is 623 g/mol. The molecule has 0 aliphatic carbocycles. The summed E-state index contributed by atoms with van der Waals surface area (Å²) in [4.78, 5) is 54.9. The number of nitrogens with zero attached hydrogens (tertiary/aromatic N) is 2. The van der Waals surface area contributed by atoms with Gasteiger partial charge in [0.15, 0.2) is 0 Å². The summed E-state index contributed by atoms with van der Waals surface area (Å²) < 4.78 is 5.49. The first-order valence-electron chi connectivity index (χ1n) is 16.0. The minimum atomic E-state index is -0.729. The summed E-state index contributed by atoms with van der Waals surface area (Å²) in [5, 5.41) is 9.22. The SMILES string of the molecule is CC(C)N[C@@H](Cc1ccccc1)C(=O)N[C@@H](CCCCN)C(=O)Nc1ccc(COC(=O)N2CCN(C(=O)C(C)C)CC2)cc1. The summed E-state index contributed by atoms with van der Waals surface area (Å²) in [5.74, 6) is -0.514. The summed E-state index contributed by atoms with van der Waals surface area (Å²) in [6.07, 6.45) is 1.99. The Labute approximate surface area is 267 Å². The van der Waals surface area contributed by atoms with Crippen molar-refractivity contribution in [3.63, 3.8) is 0 Å². The summed E-state index contributed by atoms with van der Waals surface area (Å²) >= 11 is 0. The summed E-state index contributed by atoms with van der Waals surface area (Å²) in [5.41, 5.74) is 8.05. The molecule has 1 aliphatic heterocycles. The van der Waals surface area contributed by atoms with E-state index < -0.39 is 18.2 Å². The molecule has 0 radical (unpaired) electrons. The van der Waals surface area contributed by atoms with Crippen molar-refractivity contribution in [2.45, 2.75) is 78.1 Å². The Morgan fingerprint density at radius 2 is 1.44 bits per heavy atom. The molecule has 1 heterocycles. The standard InChI is InChI=1S/C34H50N6O5/c1-24(2)33(43)39-18-20-40(21-19-39)34(44)45-23-27-13-15-28(16-14-27)37-31(41)29(12-8-9-17-35)38-32(42)30(36-25(3)4)22-26-10-6-5-7-11-26/h5-7,10-11,13-16,24-25,29-30,36H,8-9,12,17-23,35H2,1-4H3,(H,37,41)(H,38,42)/t29-,30-/m0/s1. The number of piperazine rings is 1. The van der Waals surface area contributed by atoms with Crippen molar-refractivity contribution in [2.24, 2.45) is 11.7 Å². The maximum Gasteiger partial charge on any atom is 0.410 e. The van der Waals surface area contributed by atoms with Crippen LogP contribution < -0.4 is 21.7 Å². The highest BCUT2D eigenvalue weighted by Gasteiger charge is 2.27. The normalized spacial score (nSPS) is 14.6. The van der Waals surface area contributed by atoms with Gasteiger partial charge in [0.2, 0.25) is 17.7 Å². The van der Waals surface area contributed by atoms with E-state index >= 15 is 0 Å². The molecule has 2 aromatic carbocycles. The van der Waals surface area contributed by atoms with E-state index in [1.54, 1.807) is 34.1 Å². The molecule has 3 rings (SSSR count). The second-order valence-corrected chi connectivity index (χ2v) is 12.1. The Bertz CT molecular complexity index is 1230. The number of rotatable bonds is 15. The zero-order valence-electron chi connectivity index (χ0n) is 27.1. The molecule has 11 nitrogen and oxygen atoms in total. The van der Waals surface area contributed by atoms with E-state index in [0.29, 0.717) is 57.7 Å². The molecular formula is C34H50N6O5. The largest absolute Gasteiger partial charge is 0.445 e. The van der Waals surface area contributed by atoms with E-state index in [2.05, 4.69) is 16.0 Å². The van der Waals surface area contributed by atoms with Gasteiger partial charge in [-0.05, 0) is 55.5 Å². The highest BCUT2D eigenvalue weighted by molar-refractivity contribution is 5.97. The van der Waals surface area contributed by atoms with Crippen molar-refractivity contribution in [1.29, 1.82) is 0 Å². The van der Waals surface area contributed by atoms with Crippen molar-refractivity contribution in [3.05, 3.63) is 65.7 Å². The van der Waals surface area contributed by atoms with Gasteiger partial charge in [-0.25, -0.2) is 4.79 Å². The topological polar surface area (TPSA) is 146 Å². The van der Waals surface area contributed by atoms with Crippen molar-refractivity contribution in [2.75, 3.05) is 38.0 Å². The maximum absolute atomic E-state index is 13.4. The number of carbonyl (C=O) groups excluding carboxylic acids is 4. The number of hydrogen-bond donors (Lipinski definition) is 4. The number of carbonyl (C=O) groups is 4. The van der Waals surface area contributed by atoms with Crippen LogP contribution in [0.25, 0.3) is 0 Å². The van der Waals surface area contributed by atoms with E-state index in [9.17, 15) is 19.2 Å². The Kier molecular flexibility index (Phi) is 14.3. The van der Waals surface area contributed by atoms with Gasteiger partial charge >= 0.3 is 6.09 Å². The van der Waals surface area contributed by atoms with E-state index in [1.165, 1.54) is 0 Å². The van der Waals surface area contributed by atoms with Crippen LogP contribution >= 0.6 is 0 Å². The number of benzene rings is 2. The lowest BCUT2D eigenvalue weighted by Gasteiger charge is -2.35. The van der Waals surface area contributed by atoms with Crippen LogP contribution in [0.4, 0.5) is 10.5 Å². The Morgan fingerprint density at radius 1 is 0.800 bits per heavy atom. The summed E-state index contributed by atoms with van der Waals surface area (Å²) in [7, 11) is 0. The monoisotopic (exact) mass is 622 g/mol. The predicted molar refractivity (Wildman–Crippen MR) is 175 cm³/mol. The fourth-order valence-corrected chi connectivity index (χ4v) is 5.14. The van der Waals surface area contributed by atoms with E-state index in [4.69, 9.17) is 10.5 Å². The van der Waals surface area contributed by atoms with Crippen LogP contribution in [-0.4, -0.2) is 84.5 Å². The number of nitrogens with two attached hydrogens (primary N) is 1. The Hall–Kier alpha value is -3.96. The van der Waals surface area contributed by atoms with Crippen molar-refractivity contribution in [3.8, 4) is 0 Å². The van der Waals surface area contributed by atoms with Gasteiger partial charge in [-0.2, -0.15) is 0 Å². The first-order chi connectivity index (χ1) is 21.6. The Morgan fingerprint density at radius 3 is 2.04 bits per heavy atom. The van der Waals surface area contributed by atoms with E-state index in [0.717, 1.165) is 17.5 Å². The van der Waals surface area contributed by atoms with Gasteiger partial charge in [0, 0.05) is 43.8 Å². The highest BCUT2D eigenvalue weighted by Crippen LogP contribution is 2.14. The fourth-order valence-electron chi connectivity index (χ4n) is 5.14. The molecule has 0 aromatic heterocycles. The number of amides is 4. The second kappa shape index (κ2) is 18.1. The molecule has 1 aliphatic rings. The van der Waals surface area contributed by atoms with Crippen LogP contribution in [0.2, 0.25) is 0 Å². The van der Waals surface area contributed by atoms with Crippen LogP contribution in [0.5, 0.6) is 0 Å². The van der Waals surface area contributed by atoms with Gasteiger partial charge in [-0.1, -0.05) is 70.2 Å². The van der Waals surface area contributed by atoms with Crippen LogP contribution in [0, 0.1) is 5.92 Å². The third-order valence-corrected chi connectivity index (χ3v) is 7.64. The molecule has 0 unspecified atom stereocenters. The summed E-state index contributed by atoms with van der Waals surface area (Å²) in [6, 6.07) is 15.7. The molecular weight excluding hydrogens is 572 g/mol. The fraction of sp³-hybridized carbons (Fsp3) is 0.529. The number of unbranched alkanes of at least 4 members (excludes halogenated alkanes) is 1. The molecule has 5 N–H and O–H groups in total. The van der Waals surface area contributed by atoms with Gasteiger partial charge in [-0.3, -0.25) is 14.4 Å². The molecule has 45 heavy (non-hydrogen) atoms. The van der Waals surface area contributed by atoms with Crippen LogP contribution in [0.3, 0.4) is 0 Å². The first kappa shape index (κ1) is 35.5. The van der Waals surface area contributed by atoms with Gasteiger partial charge in [-0.15, -0.1) is 0 Å². The number of anilines is 1. The molecule has 1 saturated heterocycles. The lowest BCUT2D eigenvalue weighted by atomic mass is 10.0. The minimum absolute atomic E-state index is 0.0682. The van der Waals surface area contributed by atoms with Gasteiger partial charge in [0.05, 0.1) is 6.04 Å². The number of nitrogens with one attached hydrogen (secondary N) is 3. The molecule has 2 atom stereocenters. The molecule has 0 bridgehead atoms. The van der Waals surface area contributed by atoms with Crippen LogP contribution in [-0.2, 0) is 32.1 Å². The second-order valence-electron chi connectivity index (χ2n) is 12.1. The average Bonchev–Trinajstić information content (AvgIpc) is 3.03. The number of hydrogen-bond acceptors (Lipinski definition) is 7. The van der Waals surface area contributed by atoms with Crippen LogP contribution in [0.15, 0.2) is 54.6 Å². The van der Waals surface area contributed by atoms with Crippen molar-refractivity contribution in [1.82, 2.24) is 20.4 Å². The Balaban J connectivity index is 1.54. The number of ether oxygens (including phenoxy) is 1. The van der Waals surface area contributed by atoms with Gasteiger partial charge in [0.25, 0.3) is 0 Å². The quantitative estimate of drug-likeness (QED) is 0.223. The molecule has 2 aromatic rings. The zero-order valence-corrected chi connectivity index (χ0v) is 27.1. The third kappa shape index (κ3) is 11.8. The lowest BCUT2D eigenvalue weighted by molar-refractivity contribution is -0.136. The van der Waals surface area contributed by atoms with Crippen molar-refractivity contribution < 1.29 is 23.9 Å². The smallest absolute Gasteiger partial charge is 0.410 e. The maximum atomic E-state index is 13.4. The first-order valence-corrected chi connectivity index (χ1v) is 16.0. The molecule has 0 saturated carbocycles. The van der Waals surface area contributed by atoms with Crippen molar-refractivity contribution >= 4 is 29.5 Å². The van der Waals surface area contributed by atoms with E-state index in [1.807, 2.05) is 58.0 Å². The molecule has 246 valence electrons. The highest BCUT2D eigenvalue weighted by atomic mass is 16.6. The predicted octanol–water partition coefficient (Wildman–Crippen LogP) is 3.29. The van der Waals surface area contributed by atoms with Crippen LogP contribution in [0.1, 0.15) is 58.1 Å².